The average molecular weight is 290 g/mol. The third kappa shape index (κ3) is 5.92. The SMILES string of the molecule is CC(CC(F)(F)F)Nc1cccc(C(=O)NCCO)c1. The molecule has 0 aliphatic heterocycles. The fraction of sp³-hybridized carbons (Fsp3) is 0.462. The zero-order valence-corrected chi connectivity index (χ0v) is 11.0. The highest BCUT2D eigenvalue weighted by Crippen LogP contribution is 2.23. The molecule has 0 aromatic heterocycles. The van der Waals surface area contributed by atoms with Crippen LogP contribution < -0.4 is 10.6 Å². The van der Waals surface area contributed by atoms with Crippen LogP contribution in [0.15, 0.2) is 24.3 Å². The lowest BCUT2D eigenvalue weighted by Crippen LogP contribution is -2.27. The second-order valence-electron chi connectivity index (χ2n) is 4.42. The number of carbonyl (C=O) groups excluding carboxylic acids is 1. The molecule has 1 rings (SSSR count). The van der Waals surface area contributed by atoms with Gasteiger partial charge in [-0.15, -0.1) is 0 Å². The van der Waals surface area contributed by atoms with Gasteiger partial charge in [-0.3, -0.25) is 4.79 Å². The van der Waals surface area contributed by atoms with Crippen molar-refractivity contribution in [1.29, 1.82) is 0 Å². The molecule has 0 radical (unpaired) electrons. The molecule has 0 heterocycles. The van der Waals surface area contributed by atoms with Crippen LogP contribution in [0.2, 0.25) is 0 Å². The molecule has 1 unspecified atom stereocenters. The van der Waals surface area contributed by atoms with Gasteiger partial charge in [0, 0.05) is 23.8 Å². The second kappa shape index (κ2) is 7.14. The zero-order chi connectivity index (χ0) is 15.2. The van der Waals surface area contributed by atoms with Crippen LogP contribution in [0.5, 0.6) is 0 Å². The number of hydrogen-bond donors (Lipinski definition) is 3. The van der Waals surface area contributed by atoms with Crippen molar-refractivity contribution in [1.82, 2.24) is 5.32 Å². The van der Waals surface area contributed by atoms with E-state index in [0.29, 0.717) is 11.3 Å². The van der Waals surface area contributed by atoms with Crippen molar-refractivity contribution < 1.29 is 23.1 Å². The highest BCUT2D eigenvalue weighted by atomic mass is 19.4. The minimum absolute atomic E-state index is 0.126. The lowest BCUT2D eigenvalue weighted by molar-refractivity contribution is -0.136. The molecule has 112 valence electrons. The molecule has 1 aromatic carbocycles. The number of amides is 1. The molecule has 0 bridgehead atoms. The number of aliphatic hydroxyl groups is 1. The summed E-state index contributed by atoms with van der Waals surface area (Å²) in [5, 5.41) is 13.8. The molecule has 0 saturated carbocycles. The molecule has 7 heteroatoms. The summed E-state index contributed by atoms with van der Waals surface area (Å²) in [5.41, 5.74) is 0.765. The minimum Gasteiger partial charge on any atom is -0.395 e. The number of benzene rings is 1. The molecule has 20 heavy (non-hydrogen) atoms. The highest BCUT2D eigenvalue weighted by Gasteiger charge is 2.29. The van der Waals surface area contributed by atoms with Crippen LogP contribution in [0.3, 0.4) is 0 Å². The van der Waals surface area contributed by atoms with Crippen LogP contribution >= 0.6 is 0 Å². The molecular weight excluding hydrogens is 273 g/mol. The van der Waals surface area contributed by atoms with Crippen LogP contribution in [0.25, 0.3) is 0 Å². The van der Waals surface area contributed by atoms with Gasteiger partial charge in [0.25, 0.3) is 5.91 Å². The Morgan fingerprint density at radius 2 is 2.10 bits per heavy atom. The van der Waals surface area contributed by atoms with Crippen molar-refractivity contribution in [2.45, 2.75) is 25.6 Å². The van der Waals surface area contributed by atoms with Crippen molar-refractivity contribution in [2.24, 2.45) is 0 Å². The Morgan fingerprint density at radius 3 is 2.70 bits per heavy atom. The first-order chi connectivity index (χ1) is 9.31. The first-order valence-corrected chi connectivity index (χ1v) is 6.14. The fourth-order valence-electron chi connectivity index (χ4n) is 1.70. The Kier molecular flexibility index (Phi) is 5.82. The van der Waals surface area contributed by atoms with Crippen molar-refractivity contribution in [3.8, 4) is 0 Å². The fourth-order valence-corrected chi connectivity index (χ4v) is 1.70. The molecule has 1 aromatic rings. The largest absolute Gasteiger partial charge is 0.395 e. The summed E-state index contributed by atoms with van der Waals surface area (Å²) in [6.07, 6.45) is -5.18. The highest BCUT2D eigenvalue weighted by molar-refractivity contribution is 5.95. The van der Waals surface area contributed by atoms with E-state index in [4.69, 9.17) is 5.11 Å². The quantitative estimate of drug-likeness (QED) is 0.752. The van der Waals surface area contributed by atoms with Crippen molar-refractivity contribution in [3.63, 3.8) is 0 Å². The molecule has 1 atom stereocenters. The molecule has 0 saturated heterocycles. The van der Waals surface area contributed by atoms with Gasteiger partial charge in [0.05, 0.1) is 13.0 Å². The summed E-state index contributed by atoms with van der Waals surface area (Å²) in [6, 6.07) is 5.41. The Morgan fingerprint density at radius 1 is 1.40 bits per heavy atom. The predicted octanol–water partition coefficient (Wildman–Crippen LogP) is 2.16. The zero-order valence-electron chi connectivity index (χ0n) is 11.0. The molecule has 0 aliphatic rings. The van der Waals surface area contributed by atoms with Crippen LogP contribution in [0, 0.1) is 0 Å². The summed E-state index contributed by atoms with van der Waals surface area (Å²) >= 11 is 0. The smallest absolute Gasteiger partial charge is 0.391 e. The monoisotopic (exact) mass is 290 g/mol. The number of nitrogens with one attached hydrogen (secondary N) is 2. The number of alkyl halides is 3. The Bertz CT molecular complexity index is 449. The van der Waals surface area contributed by atoms with Gasteiger partial charge in [-0.05, 0) is 25.1 Å². The predicted molar refractivity (Wildman–Crippen MR) is 69.6 cm³/mol. The molecule has 0 aliphatic carbocycles. The van der Waals surface area contributed by atoms with Crippen LogP contribution in [-0.4, -0.2) is 36.4 Å². The normalized spacial score (nSPS) is 12.8. The standard InChI is InChI=1S/C13H17F3N2O2/c1-9(8-13(14,15)16)18-11-4-2-3-10(7-11)12(20)17-5-6-19/h2-4,7,9,18-19H,5-6,8H2,1H3,(H,17,20). The lowest BCUT2D eigenvalue weighted by atomic mass is 10.1. The first kappa shape index (κ1) is 16.3. The van der Waals surface area contributed by atoms with Gasteiger partial charge >= 0.3 is 6.18 Å². The van der Waals surface area contributed by atoms with E-state index in [1.165, 1.54) is 13.0 Å². The van der Waals surface area contributed by atoms with Crippen LogP contribution in [0.4, 0.5) is 18.9 Å². The van der Waals surface area contributed by atoms with E-state index in [2.05, 4.69) is 10.6 Å². The van der Waals surface area contributed by atoms with Gasteiger partial charge in [0.2, 0.25) is 0 Å². The molecular formula is C13H17F3N2O2. The van der Waals surface area contributed by atoms with E-state index in [1.807, 2.05) is 0 Å². The van der Waals surface area contributed by atoms with Gasteiger partial charge < -0.3 is 15.7 Å². The maximum atomic E-state index is 12.2. The third-order valence-corrected chi connectivity index (χ3v) is 2.47. The Balaban J connectivity index is 2.66. The van der Waals surface area contributed by atoms with Gasteiger partial charge in [-0.1, -0.05) is 6.07 Å². The van der Waals surface area contributed by atoms with E-state index in [-0.39, 0.29) is 19.1 Å². The number of hydrogen-bond acceptors (Lipinski definition) is 3. The second-order valence-corrected chi connectivity index (χ2v) is 4.42. The summed E-state index contributed by atoms with van der Waals surface area (Å²) in [7, 11) is 0. The summed E-state index contributed by atoms with van der Waals surface area (Å²) in [6.45, 7) is 1.37. The molecule has 1 amide bonds. The van der Waals surface area contributed by atoms with E-state index in [9.17, 15) is 18.0 Å². The molecule has 3 N–H and O–H groups in total. The van der Waals surface area contributed by atoms with Gasteiger partial charge in [0.1, 0.15) is 0 Å². The van der Waals surface area contributed by atoms with Gasteiger partial charge in [-0.2, -0.15) is 13.2 Å². The topological polar surface area (TPSA) is 61.4 Å². The average Bonchev–Trinajstić information content (AvgIpc) is 2.33. The van der Waals surface area contributed by atoms with Crippen molar-refractivity contribution in [2.75, 3.05) is 18.5 Å². The molecule has 0 spiro atoms. The summed E-state index contributed by atoms with van der Waals surface area (Å²) in [4.78, 5) is 11.6. The van der Waals surface area contributed by atoms with E-state index in [1.54, 1.807) is 18.2 Å². The number of halogens is 3. The molecule has 0 fully saturated rings. The third-order valence-electron chi connectivity index (χ3n) is 2.47. The van der Waals surface area contributed by atoms with E-state index >= 15 is 0 Å². The van der Waals surface area contributed by atoms with Gasteiger partial charge in [-0.25, -0.2) is 0 Å². The van der Waals surface area contributed by atoms with Crippen molar-refractivity contribution in [3.05, 3.63) is 29.8 Å². The van der Waals surface area contributed by atoms with E-state index < -0.39 is 18.6 Å². The maximum absolute atomic E-state index is 12.2. The molecule has 4 nitrogen and oxygen atoms in total. The van der Waals surface area contributed by atoms with Gasteiger partial charge in [0.15, 0.2) is 0 Å². The first-order valence-electron chi connectivity index (χ1n) is 6.14. The lowest BCUT2D eigenvalue weighted by Gasteiger charge is -2.17. The van der Waals surface area contributed by atoms with Crippen LogP contribution in [0.1, 0.15) is 23.7 Å². The number of anilines is 1. The van der Waals surface area contributed by atoms with Crippen LogP contribution in [-0.2, 0) is 0 Å². The maximum Gasteiger partial charge on any atom is 0.391 e. The Labute approximate surface area is 115 Å². The number of rotatable bonds is 6. The number of aliphatic hydroxyl groups excluding tert-OH is 1. The van der Waals surface area contributed by atoms with Crippen molar-refractivity contribution >= 4 is 11.6 Å². The minimum atomic E-state index is -4.23. The van der Waals surface area contributed by atoms with E-state index in [0.717, 1.165) is 0 Å². The summed E-state index contributed by atoms with van der Waals surface area (Å²) in [5.74, 6) is -0.383. The number of carbonyl (C=O) groups is 1. The summed E-state index contributed by atoms with van der Waals surface area (Å²) < 4.78 is 36.7. The Hall–Kier alpha value is -1.76.